The van der Waals surface area contributed by atoms with E-state index in [0.717, 1.165) is 5.56 Å². The fraction of sp³-hybridized carbons (Fsp3) is 0.421. The van der Waals surface area contributed by atoms with Crippen LogP contribution in [0.3, 0.4) is 0 Å². The Balaban J connectivity index is 1.32. The summed E-state index contributed by atoms with van der Waals surface area (Å²) in [4.78, 5) is 14.4. The molecule has 7 heteroatoms. The van der Waals surface area contributed by atoms with Gasteiger partial charge in [-0.05, 0) is 17.7 Å². The van der Waals surface area contributed by atoms with E-state index in [1.807, 2.05) is 30.3 Å². The van der Waals surface area contributed by atoms with E-state index >= 15 is 0 Å². The summed E-state index contributed by atoms with van der Waals surface area (Å²) >= 11 is 0. The molecule has 2 saturated heterocycles. The number of hydrogen-bond donors (Lipinski definition) is 1. The molecule has 2 aliphatic heterocycles. The number of nitrogens with one attached hydrogen (secondary N) is 1. The molecule has 2 aliphatic rings. The number of carbonyl (C=O) groups is 1. The van der Waals surface area contributed by atoms with Gasteiger partial charge in [0.25, 0.3) is 5.91 Å². The molecule has 1 aromatic heterocycles. The Morgan fingerprint density at radius 3 is 2.42 bits per heavy atom. The van der Waals surface area contributed by atoms with Crippen molar-refractivity contribution in [2.24, 2.45) is 0 Å². The van der Waals surface area contributed by atoms with Gasteiger partial charge in [0.05, 0.1) is 13.2 Å². The zero-order chi connectivity index (χ0) is 17.8. The van der Waals surface area contributed by atoms with Crippen LogP contribution in [0.1, 0.15) is 28.9 Å². The lowest BCUT2D eigenvalue weighted by molar-refractivity contribution is -0.181. The van der Waals surface area contributed by atoms with Gasteiger partial charge in [-0.15, -0.1) is 10.2 Å². The van der Waals surface area contributed by atoms with Crippen molar-refractivity contribution in [3.63, 3.8) is 0 Å². The van der Waals surface area contributed by atoms with Crippen molar-refractivity contribution in [3.8, 4) is 0 Å². The molecule has 7 nitrogen and oxygen atoms in total. The lowest BCUT2D eigenvalue weighted by atomic mass is 10.0. The highest BCUT2D eigenvalue weighted by Crippen LogP contribution is 2.31. The number of piperidine rings is 1. The highest BCUT2D eigenvalue weighted by molar-refractivity contribution is 5.92. The van der Waals surface area contributed by atoms with Crippen LogP contribution in [0.4, 0.5) is 5.82 Å². The summed E-state index contributed by atoms with van der Waals surface area (Å²) < 4.78 is 11.4. The summed E-state index contributed by atoms with van der Waals surface area (Å²) in [6, 6.07) is 13.6. The van der Waals surface area contributed by atoms with E-state index in [1.54, 1.807) is 17.0 Å². The van der Waals surface area contributed by atoms with Crippen molar-refractivity contribution in [1.82, 2.24) is 15.1 Å². The Morgan fingerprint density at radius 2 is 1.77 bits per heavy atom. The maximum absolute atomic E-state index is 12.6. The Labute approximate surface area is 152 Å². The van der Waals surface area contributed by atoms with Gasteiger partial charge in [-0.1, -0.05) is 30.3 Å². The molecule has 26 heavy (non-hydrogen) atoms. The summed E-state index contributed by atoms with van der Waals surface area (Å²) in [6.07, 6.45) is 1.39. The van der Waals surface area contributed by atoms with E-state index in [-0.39, 0.29) is 5.91 Å². The molecule has 4 rings (SSSR count). The van der Waals surface area contributed by atoms with E-state index in [4.69, 9.17) is 9.47 Å². The zero-order valence-corrected chi connectivity index (χ0v) is 14.6. The molecule has 3 heterocycles. The summed E-state index contributed by atoms with van der Waals surface area (Å²) in [6.45, 7) is 3.15. The highest BCUT2D eigenvalue weighted by Gasteiger charge is 2.41. The van der Waals surface area contributed by atoms with Crippen LogP contribution in [0.25, 0.3) is 0 Å². The number of hydrogen-bond acceptors (Lipinski definition) is 6. The molecular formula is C19H22N4O3. The Kier molecular flexibility index (Phi) is 4.81. The van der Waals surface area contributed by atoms with Gasteiger partial charge in [0.15, 0.2) is 11.5 Å². The maximum atomic E-state index is 12.6. The van der Waals surface area contributed by atoms with Crippen molar-refractivity contribution in [2.75, 3.05) is 31.6 Å². The minimum Gasteiger partial charge on any atom is -0.365 e. The SMILES string of the molecule is O=C(c1ccc(NCc2ccccc2)nn1)N1CCC2(CC1)OCCO2. The fourth-order valence-corrected chi connectivity index (χ4v) is 3.33. The maximum Gasteiger partial charge on any atom is 0.274 e. The number of rotatable bonds is 4. The van der Waals surface area contributed by atoms with Crippen LogP contribution in [0.2, 0.25) is 0 Å². The number of amides is 1. The van der Waals surface area contributed by atoms with Crippen molar-refractivity contribution in [1.29, 1.82) is 0 Å². The molecule has 0 unspecified atom stereocenters. The molecule has 1 spiro atoms. The predicted molar refractivity (Wildman–Crippen MR) is 95.6 cm³/mol. The van der Waals surface area contributed by atoms with E-state index < -0.39 is 5.79 Å². The summed E-state index contributed by atoms with van der Waals surface area (Å²) in [5.74, 6) is 0.0731. The fourth-order valence-electron chi connectivity index (χ4n) is 3.33. The van der Waals surface area contributed by atoms with E-state index in [0.29, 0.717) is 57.2 Å². The van der Waals surface area contributed by atoms with Crippen molar-refractivity contribution in [2.45, 2.75) is 25.2 Å². The van der Waals surface area contributed by atoms with Gasteiger partial charge in [-0.3, -0.25) is 4.79 Å². The molecule has 0 bridgehead atoms. The van der Waals surface area contributed by atoms with Gasteiger partial charge in [-0.25, -0.2) is 0 Å². The zero-order valence-electron chi connectivity index (χ0n) is 14.6. The van der Waals surface area contributed by atoms with Crippen LogP contribution in [0.15, 0.2) is 42.5 Å². The van der Waals surface area contributed by atoms with Crippen molar-refractivity contribution >= 4 is 11.7 Å². The molecule has 0 radical (unpaired) electrons. The molecule has 0 atom stereocenters. The first-order valence-corrected chi connectivity index (χ1v) is 8.93. The second-order valence-corrected chi connectivity index (χ2v) is 6.54. The number of benzene rings is 1. The third-order valence-corrected chi connectivity index (χ3v) is 4.83. The third-order valence-electron chi connectivity index (χ3n) is 4.83. The number of nitrogens with zero attached hydrogens (tertiary/aromatic N) is 3. The van der Waals surface area contributed by atoms with Gasteiger partial charge in [0.1, 0.15) is 5.82 Å². The molecule has 2 aromatic rings. The Hall–Kier alpha value is -2.51. The number of aromatic nitrogens is 2. The standard InChI is InChI=1S/C19H22N4O3/c24-18(23-10-8-19(9-11-23)25-12-13-26-19)16-6-7-17(22-21-16)20-14-15-4-2-1-3-5-15/h1-7H,8-14H2,(H,20,22). The topological polar surface area (TPSA) is 76.6 Å². The summed E-state index contributed by atoms with van der Waals surface area (Å²) in [5.41, 5.74) is 1.52. The van der Waals surface area contributed by atoms with Crippen LogP contribution in [0, 0.1) is 0 Å². The number of anilines is 1. The minimum atomic E-state index is -0.478. The van der Waals surface area contributed by atoms with Crippen LogP contribution < -0.4 is 5.32 Å². The smallest absolute Gasteiger partial charge is 0.274 e. The quantitative estimate of drug-likeness (QED) is 0.906. The molecule has 136 valence electrons. The molecule has 0 saturated carbocycles. The van der Waals surface area contributed by atoms with Crippen LogP contribution in [-0.2, 0) is 16.0 Å². The normalized spacial score (nSPS) is 18.8. The Bertz CT molecular complexity index is 735. The lowest BCUT2D eigenvalue weighted by Crippen LogP contribution is -2.47. The third kappa shape index (κ3) is 3.68. The number of ether oxygens (including phenoxy) is 2. The second-order valence-electron chi connectivity index (χ2n) is 6.54. The average molecular weight is 354 g/mol. The van der Waals surface area contributed by atoms with Gasteiger partial charge in [0, 0.05) is 32.5 Å². The first-order chi connectivity index (χ1) is 12.7. The van der Waals surface area contributed by atoms with Gasteiger partial charge < -0.3 is 19.7 Å². The second kappa shape index (κ2) is 7.39. The number of likely N-dealkylation sites (tertiary alicyclic amines) is 1. The monoisotopic (exact) mass is 354 g/mol. The highest BCUT2D eigenvalue weighted by atomic mass is 16.7. The number of carbonyl (C=O) groups excluding carboxylic acids is 1. The molecule has 1 N–H and O–H groups in total. The van der Waals surface area contributed by atoms with Crippen LogP contribution in [-0.4, -0.2) is 53.1 Å². The van der Waals surface area contributed by atoms with Crippen molar-refractivity contribution < 1.29 is 14.3 Å². The summed E-state index contributed by atoms with van der Waals surface area (Å²) in [7, 11) is 0. The van der Waals surface area contributed by atoms with Gasteiger partial charge in [0.2, 0.25) is 0 Å². The van der Waals surface area contributed by atoms with Gasteiger partial charge >= 0.3 is 0 Å². The molecule has 2 fully saturated rings. The first kappa shape index (κ1) is 16.9. The van der Waals surface area contributed by atoms with E-state index in [9.17, 15) is 4.79 Å². The Morgan fingerprint density at radius 1 is 1.04 bits per heavy atom. The van der Waals surface area contributed by atoms with Crippen LogP contribution in [0.5, 0.6) is 0 Å². The molecule has 1 aromatic carbocycles. The van der Waals surface area contributed by atoms with Gasteiger partial charge in [-0.2, -0.15) is 0 Å². The summed E-state index contributed by atoms with van der Waals surface area (Å²) in [5, 5.41) is 11.4. The average Bonchev–Trinajstić information content (AvgIpc) is 3.16. The first-order valence-electron chi connectivity index (χ1n) is 8.93. The largest absolute Gasteiger partial charge is 0.365 e. The lowest BCUT2D eigenvalue weighted by Gasteiger charge is -2.37. The molecular weight excluding hydrogens is 332 g/mol. The van der Waals surface area contributed by atoms with E-state index in [2.05, 4.69) is 15.5 Å². The molecule has 0 aliphatic carbocycles. The van der Waals surface area contributed by atoms with E-state index in [1.165, 1.54) is 0 Å². The van der Waals surface area contributed by atoms with Crippen LogP contribution >= 0.6 is 0 Å². The predicted octanol–water partition coefficient (Wildman–Crippen LogP) is 2.07. The van der Waals surface area contributed by atoms with Crippen molar-refractivity contribution in [3.05, 3.63) is 53.7 Å². The minimum absolute atomic E-state index is 0.0973. The molecule has 1 amide bonds.